The summed E-state index contributed by atoms with van der Waals surface area (Å²) < 4.78 is 5.75. The molecule has 0 bridgehead atoms. The molecule has 17 heavy (non-hydrogen) atoms. The van der Waals surface area contributed by atoms with Crippen molar-refractivity contribution in [1.82, 2.24) is 4.90 Å². The lowest BCUT2D eigenvalue weighted by Crippen LogP contribution is -2.50. The highest BCUT2D eigenvalue weighted by Gasteiger charge is 2.31. The molecule has 1 unspecified atom stereocenters. The number of ether oxygens (including phenoxy) is 1. The van der Waals surface area contributed by atoms with Gasteiger partial charge in [0.2, 0.25) is 0 Å². The van der Waals surface area contributed by atoms with Gasteiger partial charge < -0.3 is 10.5 Å². The first-order valence-electron chi connectivity index (χ1n) is 6.16. The lowest BCUT2D eigenvalue weighted by atomic mass is 10.0. The van der Waals surface area contributed by atoms with Crippen LogP contribution in [0.15, 0.2) is 12.1 Å². The summed E-state index contributed by atoms with van der Waals surface area (Å²) in [4.78, 5) is 5.18. The lowest BCUT2D eigenvalue weighted by molar-refractivity contribution is -0.0964. The summed E-state index contributed by atoms with van der Waals surface area (Å²) in [5, 5.41) is 0. The van der Waals surface area contributed by atoms with Crippen LogP contribution in [-0.4, -0.2) is 36.7 Å². The van der Waals surface area contributed by atoms with Gasteiger partial charge in [0.15, 0.2) is 0 Å². The van der Waals surface area contributed by atoms with E-state index >= 15 is 0 Å². The number of hydrogen-bond acceptors (Lipinski definition) is 4. The fourth-order valence-corrected chi connectivity index (χ4v) is 3.42. The normalized spacial score (nSPS) is 22.6. The van der Waals surface area contributed by atoms with E-state index in [-0.39, 0.29) is 5.60 Å². The standard InChI is InChI=1S/C13H22N2OS/c1-10-4-5-12(17-10)11(8-14)15-6-7-16-13(2,3)9-15/h4-5,11H,6-9,14H2,1-3H3. The molecular weight excluding hydrogens is 232 g/mol. The maximum atomic E-state index is 5.96. The molecule has 4 heteroatoms. The van der Waals surface area contributed by atoms with E-state index in [0.717, 1.165) is 19.7 Å². The van der Waals surface area contributed by atoms with Crippen LogP contribution in [-0.2, 0) is 4.74 Å². The van der Waals surface area contributed by atoms with Crippen molar-refractivity contribution >= 4 is 11.3 Å². The third-order valence-electron chi connectivity index (χ3n) is 3.21. The first-order chi connectivity index (χ1) is 8.02. The van der Waals surface area contributed by atoms with E-state index in [9.17, 15) is 0 Å². The van der Waals surface area contributed by atoms with Gasteiger partial charge in [-0.3, -0.25) is 4.90 Å². The summed E-state index contributed by atoms with van der Waals surface area (Å²) in [5.74, 6) is 0. The van der Waals surface area contributed by atoms with Crippen LogP contribution in [0.4, 0.5) is 0 Å². The topological polar surface area (TPSA) is 38.5 Å². The molecule has 1 fully saturated rings. The summed E-state index contributed by atoms with van der Waals surface area (Å²) in [6.45, 7) is 9.84. The number of hydrogen-bond donors (Lipinski definition) is 1. The lowest BCUT2D eigenvalue weighted by Gasteiger charge is -2.41. The van der Waals surface area contributed by atoms with Crippen molar-refractivity contribution in [3.05, 3.63) is 21.9 Å². The van der Waals surface area contributed by atoms with Crippen molar-refractivity contribution in [2.24, 2.45) is 5.73 Å². The second kappa shape index (κ2) is 5.06. The minimum Gasteiger partial charge on any atom is -0.373 e. The zero-order valence-electron chi connectivity index (χ0n) is 10.9. The first-order valence-corrected chi connectivity index (χ1v) is 6.98. The first kappa shape index (κ1) is 13.0. The number of nitrogens with zero attached hydrogens (tertiary/aromatic N) is 1. The molecule has 0 saturated carbocycles. The molecule has 0 aliphatic carbocycles. The summed E-state index contributed by atoms with van der Waals surface area (Å²) >= 11 is 1.85. The van der Waals surface area contributed by atoms with Crippen molar-refractivity contribution in [1.29, 1.82) is 0 Å². The van der Waals surface area contributed by atoms with E-state index in [4.69, 9.17) is 10.5 Å². The van der Waals surface area contributed by atoms with Crippen LogP contribution in [0.25, 0.3) is 0 Å². The zero-order valence-corrected chi connectivity index (χ0v) is 11.7. The Hall–Kier alpha value is -0.420. The number of aryl methyl sites for hydroxylation is 1. The zero-order chi connectivity index (χ0) is 12.5. The molecule has 1 aliphatic heterocycles. The van der Waals surface area contributed by atoms with Gasteiger partial charge in [-0.15, -0.1) is 11.3 Å². The van der Waals surface area contributed by atoms with Crippen LogP contribution in [0.3, 0.4) is 0 Å². The molecule has 2 N–H and O–H groups in total. The number of rotatable bonds is 3. The van der Waals surface area contributed by atoms with Crippen molar-refractivity contribution in [3.8, 4) is 0 Å². The molecular formula is C13H22N2OS. The molecule has 2 rings (SSSR count). The second-order valence-corrected chi connectivity index (χ2v) is 6.60. The SMILES string of the molecule is Cc1ccc(C(CN)N2CCOC(C)(C)C2)s1. The van der Waals surface area contributed by atoms with Crippen LogP contribution in [0.1, 0.15) is 29.6 Å². The van der Waals surface area contributed by atoms with Gasteiger partial charge in [0.05, 0.1) is 18.2 Å². The van der Waals surface area contributed by atoms with Crippen LogP contribution in [0.2, 0.25) is 0 Å². The smallest absolute Gasteiger partial charge is 0.0753 e. The van der Waals surface area contributed by atoms with E-state index in [2.05, 4.69) is 37.8 Å². The van der Waals surface area contributed by atoms with E-state index in [1.165, 1.54) is 9.75 Å². The summed E-state index contributed by atoms with van der Waals surface area (Å²) in [5.41, 5.74) is 5.90. The Morgan fingerprint density at radius 1 is 1.53 bits per heavy atom. The van der Waals surface area contributed by atoms with Gasteiger partial charge in [-0.2, -0.15) is 0 Å². The van der Waals surface area contributed by atoms with Gasteiger partial charge in [0.25, 0.3) is 0 Å². The van der Waals surface area contributed by atoms with E-state index in [1.807, 2.05) is 11.3 Å². The van der Waals surface area contributed by atoms with Crippen LogP contribution < -0.4 is 5.73 Å². The monoisotopic (exact) mass is 254 g/mol. The molecule has 1 aromatic heterocycles. The molecule has 0 spiro atoms. The Morgan fingerprint density at radius 3 is 2.82 bits per heavy atom. The van der Waals surface area contributed by atoms with Crippen LogP contribution in [0, 0.1) is 6.92 Å². The molecule has 1 atom stereocenters. The molecule has 1 aliphatic rings. The predicted octanol–water partition coefficient (Wildman–Crippen LogP) is 2.17. The number of thiophene rings is 1. The summed E-state index contributed by atoms with van der Waals surface area (Å²) in [6, 6.07) is 4.73. The third-order valence-corrected chi connectivity index (χ3v) is 4.31. The minimum atomic E-state index is -0.0576. The molecule has 96 valence electrons. The fraction of sp³-hybridized carbons (Fsp3) is 0.692. The minimum absolute atomic E-state index is 0.0576. The number of nitrogens with two attached hydrogens (primary N) is 1. The maximum Gasteiger partial charge on any atom is 0.0753 e. The average Bonchev–Trinajstić information content (AvgIpc) is 2.64. The molecule has 1 aromatic rings. The highest BCUT2D eigenvalue weighted by molar-refractivity contribution is 7.12. The quantitative estimate of drug-likeness (QED) is 0.898. The molecule has 2 heterocycles. The molecule has 0 radical (unpaired) electrons. The van der Waals surface area contributed by atoms with E-state index in [1.54, 1.807) is 0 Å². The second-order valence-electron chi connectivity index (χ2n) is 5.28. The van der Waals surface area contributed by atoms with Gasteiger partial charge in [0, 0.05) is 29.4 Å². The Labute approximate surface area is 108 Å². The van der Waals surface area contributed by atoms with Crippen LogP contribution >= 0.6 is 11.3 Å². The Morgan fingerprint density at radius 2 is 2.29 bits per heavy atom. The Kier molecular flexibility index (Phi) is 3.88. The van der Waals surface area contributed by atoms with Crippen molar-refractivity contribution in [2.45, 2.75) is 32.4 Å². The molecule has 0 amide bonds. The highest BCUT2D eigenvalue weighted by atomic mass is 32.1. The van der Waals surface area contributed by atoms with Crippen molar-refractivity contribution < 1.29 is 4.74 Å². The highest BCUT2D eigenvalue weighted by Crippen LogP contribution is 2.30. The van der Waals surface area contributed by atoms with E-state index in [0.29, 0.717) is 12.6 Å². The summed E-state index contributed by atoms with van der Waals surface area (Å²) in [7, 11) is 0. The maximum absolute atomic E-state index is 5.96. The van der Waals surface area contributed by atoms with Gasteiger partial charge in [0.1, 0.15) is 0 Å². The molecule has 1 saturated heterocycles. The van der Waals surface area contributed by atoms with Gasteiger partial charge in [-0.25, -0.2) is 0 Å². The van der Waals surface area contributed by atoms with Crippen LogP contribution in [0.5, 0.6) is 0 Å². The largest absolute Gasteiger partial charge is 0.373 e. The van der Waals surface area contributed by atoms with Crippen molar-refractivity contribution in [2.75, 3.05) is 26.2 Å². The average molecular weight is 254 g/mol. The van der Waals surface area contributed by atoms with Crippen molar-refractivity contribution in [3.63, 3.8) is 0 Å². The molecule has 3 nitrogen and oxygen atoms in total. The fourth-order valence-electron chi connectivity index (χ4n) is 2.40. The Balaban J connectivity index is 2.13. The molecule has 0 aromatic carbocycles. The van der Waals surface area contributed by atoms with Gasteiger partial charge >= 0.3 is 0 Å². The summed E-state index contributed by atoms with van der Waals surface area (Å²) in [6.07, 6.45) is 0. The van der Waals surface area contributed by atoms with Gasteiger partial charge in [-0.05, 0) is 32.9 Å². The van der Waals surface area contributed by atoms with E-state index < -0.39 is 0 Å². The van der Waals surface area contributed by atoms with Gasteiger partial charge in [-0.1, -0.05) is 0 Å². The number of morpholine rings is 1. The predicted molar refractivity (Wildman–Crippen MR) is 72.5 cm³/mol. The third kappa shape index (κ3) is 3.07. The Bertz CT molecular complexity index is 375.